The molecule has 0 radical (unpaired) electrons. The Kier molecular flexibility index (Phi) is 7.22. The topological polar surface area (TPSA) is 112 Å². The zero-order valence-corrected chi connectivity index (χ0v) is 13.8. The minimum absolute atomic E-state index is 0.0354. The predicted octanol–water partition coefficient (Wildman–Crippen LogP) is 0.556. The molecule has 2 N–H and O–H groups in total. The van der Waals surface area contributed by atoms with Crippen molar-refractivity contribution in [3.05, 3.63) is 45.8 Å². The largest absolute Gasteiger partial charge is 0.616 e. The van der Waals surface area contributed by atoms with E-state index < -0.39 is 16.1 Å². The number of rotatable bonds is 9. The third-order valence-corrected chi connectivity index (χ3v) is 4.07. The molecule has 124 valence electrons. The van der Waals surface area contributed by atoms with E-state index >= 15 is 0 Å². The molecule has 1 heterocycles. The van der Waals surface area contributed by atoms with Crippen LogP contribution in [0.2, 0.25) is 0 Å². The average molecular weight is 330 g/mol. The van der Waals surface area contributed by atoms with Gasteiger partial charge in [-0.1, -0.05) is 0 Å². The van der Waals surface area contributed by atoms with E-state index in [0.717, 1.165) is 12.0 Å². The second kappa shape index (κ2) is 8.66. The van der Waals surface area contributed by atoms with Gasteiger partial charge in [-0.3, -0.25) is 10.1 Å². The van der Waals surface area contributed by atoms with Gasteiger partial charge in [0.15, 0.2) is 17.3 Å². The van der Waals surface area contributed by atoms with E-state index in [1.165, 1.54) is 4.90 Å². The van der Waals surface area contributed by atoms with Crippen LogP contribution in [-0.4, -0.2) is 52.7 Å². The predicted molar refractivity (Wildman–Crippen MR) is 84.7 cm³/mol. The Morgan fingerprint density at radius 2 is 2.05 bits per heavy atom. The number of nitro groups is 1. The van der Waals surface area contributed by atoms with Gasteiger partial charge in [-0.05, 0) is 37.4 Å². The molecule has 9 heteroatoms. The summed E-state index contributed by atoms with van der Waals surface area (Å²) in [4.78, 5) is 13.2. The molecule has 0 aliphatic carbocycles. The summed E-state index contributed by atoms with van der Waals surface area (Å²) in [7, 11) is 5.51. The van der Waals surface area contributed by atoms with Gasteiger partial charge < -0.3 is 24.5 Å². The molecule has 0 saturated carbocycles. The summed E-state index contributed by atoms with van der Waals surface area (Å²) in [5.74, 6) is 2.21. The molecule has 1 atom stereocenters. The van der Waals surface area contributed by atoms with E-state index in [0.29, 0.717) is 30.4 Å². The van der Waals surface area contributed by atoms with Crippen LogP contribution in [-0.2, 0) is 23.5 Å². The van der Waals surface area contributed by atoms with Crippen LogP contribution in [0.1, 0.15) is 11.5 Å². The Labute approximate surface area is 132 Å². The van der Waals surface area contributed by atoms with E-state index in [1.54, 1.807) is 7.05 Å². The van der Waals surface area contributed by atoms with Crippen LogP contribution in [0.4, 0.5) is 0 Å². The Bertz CT molecular complexity index is 518. The zero-order valence-electron chi connectivity index (χ0n) is 13.0. The SMILES string of the molecule is CN(C)Cc1ccc(C[S+]([O-])CCN(C)C(N)=C[N+](=O)[O-])o1. The van der Waals surface area contributed by atoms with Gasteiger partial charge >= 0.3 is 0 Å². The molecule has 0 fully saturated rings. The maximum atomic E-state index is 12.0. The Hall–Kier alpha value is -1.71. The van der Waals surface area contributed by atoms with Gasteiger partial charge in [-0.25, -0.2) is 0 Å². The lowest BCUT2D eigenvalue weighted by Gasteiger charge is -2.18. The highest BCUT2D eigenvalue weighted by atomic mass is 32.2. The number of nitrogens with two attached hydrogens (primary N) is 1. The van der Waals surface area contributed by atoms with Crippen molar-refractivity contribution < 1.29 is 13.9 Å². The molecule has 0 aliphatic heterocycles. The van der Waals surface area contributed by atoms with E-state index in [2.05, 4.69) is 0 Å². The smallest absolute Gasteiger partial charge is 0.274 e. The van der Waals surface area contributed by atoms with E-state index in [4.69, 9.17) is 10.2 Å². The molecular weight excluding hydrogens is 308 g/mol. The lowest BCUT2D eigenvalue weighted by Crippen LogP contribution is -2.30. The van der Waals surface area contributed by atoms with Gasteiger partial charge in [-0.2, -0.15) is 0 Å². The maximum absolute atomic E-state index is 12.0. The second-order valence-electron chi connectivity index (χ2n) is 5.15. The van der Waals surface area contributed by atoms with Crippen molar-refractivity contribution in [2.24, 2.45) is 5.73 Å². The van der Waals surface area contributed by atoms with Gasteiger partial charge in [0.2, 0.25) is 0 Å². The van der Waals surface area contributed by atoms with Crippen LogP contribution in [0.5, 0.6) is 0 Å². The molecule has 22 heavy (non-hydrogen) atoms. The van der Waals surface area contributed by atoms with Crippen LogP contribution in [0.3, 0.4) is 0 Å². The Morgan fingerprint density at radius 1 is 1.41 bits per heavy atom. The third-order valence-electron chi connectivity index (χ3n) is 2.83. The van der Waals surface area contributed by atoms with Crippen molar-refractivity contribution in [3.63, 3.8) is 0 Å². The van der Waals surface area contributed by atoms with Gasteiger partial charge in [0.25, 0.3) is 6.20 Å². The zero-order chi connectivity index (χ0) is 16.7. The van der Waals surface area contributed by atoms with E-state index in [1.807, 2.05) is 31.1 Å². The fourth-order valence-electron chi connectivity index (χ4n) is 1.70. The fourth-order valence-corrected chi connectivity index (χ4v) is 2.80. The summed E-state index contributed by atoms with van der Waals surface area (Å²) in [5, 5.41) is 10.3. The standard InChI is InChI=1S/C13H22N4O4S/c1-15(2)8-11-4-5-12(21-11)10-22(20)7-6-16(3)13(14)9-17(18)19/h4-5,9H,6-8,10,14H2,1-3H3. The molecule has 0 spiro atoms. The second-order valence-corrected chi connectivity index (χ2v) is 6.73. The third kappa shape index (κ3) is 6.83. The Morgan fingerprint density at radius 3 is 2.64 bits per heavy atom. The number of hydrogen-bond donors (Lipinski definition) is 1. The highest BCUT2D eigenvalue weighted by molar-refractivity contribution is 7.90. The Balaban J connectivity index is 2.41. The molecule has 0 bridgehead atoms. The van der Waals surface area contributed by atoms with Gasteiger partial charge in [0.1, 0.15) is 11.5 Å². The summed E-state index contributed by atoms with van der Waals surface area (Å²) >= 11 is -1.12. The molecule has 1 rings (SSSR count). The fraction of sp³-hybridized carbons (Fsp3) is 0.538. The van der Waals surface area contributed by atoms with Crippen LogP contribution >= 0.6 is 0 Å². The summed E-state index contributed by atoms with van der Waals surface area (Å²) in [6, 6.07) is 3.69. The highest BCUT2D eigenvalue weighted by Gasteiger charge is 2.14. The first kappa shape index (κ1) is 18.3. The first-order valence-electron chi connectivity index (χ1n) is 6.67. The van der Waals surface area contributed by atoms with Crippen molar-refractivity contribution in [1.29, 1.82) is 0 Å². The molecule has 0 aliphatic rings. The quantitative estimate of drug-likeness (QED) is 0.400. The van der Waals surface area contributed by atoms with Crippen molar-refractivity contribution in [1.82, 2.24) is 9.80 Å². The molecule has 0 saturated heterocycles. The summed E-state index contributed by atoms with van der Waals surface area (Å²) < 4.78 is 17.6. The molecule has 0 amide bonds. The summed E-state index contributed by atoms with van der Waals surface area (Å²) in [5.41, 5.74) is 5.53. The van der Waals surface area contributed by atoms with Crippen LogP contribution in [0.15, 0.2) is 28.6 Å². The minimum Gasteiger partial charge on any atom is -0.616 e. The van der Waals surface area contributed by atoms with Crippen molar-refractivity contribution in [2.45, 2.75) is 12.3 Å². The molecular formula is C13H22N4O4S. The summed E-state index contributed by atoms with van der Waals surface area (Å²) in [6.07, 6.45) is 0.725. The molecule has 1 aromatic heterocycles. The van der Waals surface area contributed by atoms with Crippen LogP contribution < -0.4 is 5.73 Å². The van der Waals surface area contributed by atoms with Crippen molar-refractivity contribution in [2.75, 3.05) is 33.4 Å². The monoisotopic (exact) mass is 330 g/mol. The van der Waals surface area contributed by atoms with Crippen LogP contribution in [0.25, 0.3) is 0 Å². The highest BCUT2D eigenvalue weighted by Crippen LogP contribution is 2.13. The average Bonchev–Trinajstić information content (AvgIpc) is 2.81. The van der Waals surface area contributed by atoms with Crippen molar-refractivity contribution >= 4 is 11.2 Å². The van der Waals surface area contributed by atoms with Gasteiger partial charge in [-0.15, -0.1) is 0 Å². The van der Waals surface area contributed by atoms with E-state index in [-0.39, 0.29) is 5.82 Å². The summed E-state index contributed by atoms with van der Waals surface area (Å²) in [6.45, 7) is 1.06. The van der Waals surface area contributed by atoms with Gasteiger partial charge in [0, 0.05) is 7.05 Å². The van der Waals surface area contributed by atoms with Crippen molar-refractivity contribution in [3.8, 4) is 0 Å². The first-order valence-corrected chi connectivity index (χ1v) is 8.16. The lowest BCUT2D eigenvalue weighted by atomic mass is 10.4. The van der Waals surface area contributed by atoms with Gasteiger partial charge in [0.05, 0.1) is 18.0 Å². The molecule has 1 aromatic rings. The number of nitrogens with zero attached hydrogens (tertiary/aromatic N) is 3. The first-order chi connectivity index (χ1) is 10.3. The minimum atomic E-state index is -1.12. The molecule has 1 unspecified atom stereocenters. The molecule has 0 aromatic carbocycles. The molecule has 8 nitrogen and oxygen atoms in total. The van der Waals surface area contributed by atoms with E-state index in [9.17, 15) is 14.7 Å². The number of hydrogen-bond acceptors (Lipinski definition) is 7. The maximum Gasteiger partial charge on any atom is 0.274 e. The normalized spacial score (nSPS) is 13.4. The van der Waals surface area contributed by atoms with Crippen LogP contribution in [0, 0.1) is 10.1 Å². The number of furan rings is 1. The lowest BCUT2D eigenvalue weighted by molar-refractivity contribution is -0.404.